The third-order valence-electron chi connectivity index (χ3n) is 4.83. The number of aliphatic hydroxyl groups is 1. The molecule has 35 heavy (non-hydrogen) atoms. The number of rotatable bonds is 7. The molecule has 2 amide bonds. The Labute approximate surface area is 193 Å². The molecule has 0 saturated heterocycles. The normalized spacial score (nSPS) is 14.3. The van der Waals surface area contributed by atoms with Crippen LogP contribution < -0.4 is 16.0 Å². The number of anilines is 1. The van der Waals surface area contributed by atoms with E-state index in [4.69, 9.17) is 0 Å². The Morgan fingerprint density at radius 2 is 1.29 bits per heavy atom. The molecule has 0 bridgehead atoms. The van der Waals surface area contributed by atoms with E-state index < -0.39 is 53.4 Å². The Bertz CT molecular complexity index is 986. The second-order valence-corrected chi connectivity index (χ2v) is 7.42. The first-order valence-corrected chi connectivity index (χ1v) is 9.91. The van der Waals surface area contributed by atoms with Crippen LogP contribution in [0.3, 0.4) is 0 Å². The number of hydrogen-bond donors (Lipinski definition) is 4. The molecule has 2 rings (SSSR count). The van der Waals surface area contributed by atoms with Gasteiger partial charge in [0.25, 0.3) is 0 Å². The van der Waals surface area contributed by atoms with Crippen LogP contribution in [0.2, 0.25) is 0 Å². The van der Waals surface area contributed by atoms with Gasteiger partial charge >= 0.3 is 24.6 Å². The molecule has 2 aromatic carbocycles. The molecule has 194 valence electrons. The molecule has 0 saturated carbocycles. The summed E-state index contributed by atoms with van der Waals surface area (Å²) in [7, 11) is 0. The summed E-state index contributed by atoms with van der Waals surface area (Å²) in [4.78, 5) is 11.4. The Morgan fingerprint density at radius 3 is 1.71 bits per heavy atom. The molecule has 0 spiro atoms. The van der Waals surface area contributed by atoms with E-state index in [0.29, 0.717) is 12.1 Å². The summed E-state index contributed by atoms with van der Waals surface area (Å²) in [6.45, 7) is 0.674. The van der Waals surface area contributed by atoms with Gasteiger partial charge in [0.1, 0.15) is 0 Å². The average molecular weight is 517 g/mol. The Kier molecular flexibility index (Phi) is 8.20. The number of nitrogens with one attached hydrogen (secondary N) is 3. The number of hydrogen-bond acceptors (Lipinski definition) is 3. The van der Waals surface area contributed by atoms with Crippen LogP contribution in [0.15, 0.2) is 42.5 Å². The molecule has 0 aliphatic heterocycles. The molecular weight excluding hydrogens is 497 g/mol. The predicted molar refractivity (Wildman–Crippen MR) is 107 cm³/mol. The lowest BCUT2D eigenvalue weighted by molar-refractivity contribution is -0.261. The van der Waals surface area contributed by atoms with Crippen LogP contribution in [-0.4, -0.2) is 30.4 Å². The lowest BCUT2D eigenvalue weighted by Gasteiger charge is -2.32. The summed E-state index contributed by atoms with van der Waals surface area (Å²) in [6.07, 6.45) is -16.4. The molecule has 4 N–H and O–H groups in total. The van der Waals surface area contributed by atoms with Gasteiger partial charge in [-0.15, -0.1) is 0 Å². The number of carbonyl (C=O) groups is 1. The van der Waals surface area contributed by atoms with Crippen molar-refractivity contribution in [2.45, 2.75) is 37.6 Å². The third-order valence-corrected chi connectivity index (χ3v) is 4.83. The highest BCUT2D eigenvalue weighted by Gasteiger charge is 2.56. The maximum absolute atomic E-state index is 13.8. The standard InChI is InChI=1S/C21H20F9N3O2/c1-2-31-17(34)32-10-12-3-5-16(6-4-12)33-11-18(35,21(28,29)30)13-7-14(19(22,23)24)9-15(8-13)20(25,26)27/h3-9,33,35H,2,10-11H2,1H3,(H2,31,32,34)/t18-/m0/s1. The van der Waals surface area contributed by atoms with Crippen molar-refractivity contribution in [1.82, 2.24) is 10.6 Å². The molecule has 0 radical (unpaired) electrons. The summed E-state index contributed by atoms with van der Waals surface area (Å²) in [5.74, 6) is 0. The van der Waals surface area contributed by atoms with Gasteiger partial charge in [-0.25, -0.2) is 4.79 Å². The van der Waals surface area contributed by atoms with Gasteiger partial charge in [0.2, 0.25) is 5.60 Å². The second-order valence-electron chi connectivity index (χ2n) is 7.42. The van der Waals surface area contributed by atoms with Crippen molar-refractivity contribution < 1.29 is 49.4 Å². The minimum absolute atomic E-state index is 0.0162. The van der Waals surface area contributed by atoms with Gasteiger partial charge in [-0.05, 0) is 48.4 Å². The fraction of sp³-hybridized carbons (Fsp3) is 0.381. The number of halogens is 9. The van der Waals surface area contributed by atoms with Crippen molar-refractivity contribution in [2.24, 2.45) is 0 Å². The van der Waals surface area contributed by atoms with Crippen LogP contribution in [-0.2, 0) is 24.5 Å². The Hall–Kier alpha value is -3.16. The van der Waals surface area contributed by atoms with Gasteiger partial charge in [0.05, 0.1) is 17.7 Å². The number of alkyl halides is 9. The second kappa shape index (κ2) is 10.2. The van der Waals surface area contributed by atoms with Gasteiger partial charge < -0.3 is 21.1 Å². The Morgan fingerprint density at radius 1 is 0.800 bits per heavy atom. The van der Waals surface area contributed by atoms with Crippen LogP contribution in [0.5, 0.6) is 0 Å². The molecule has 2 aromatic rings. The van der Waals surface area contributed by atoms with Crippen LogP contribution in [0, 0.1) is 0 Å². The van der Waals surface area contributed by atoms with Gasteiger partial charge in [0.15, 0.2) is 0 Å². The van der Waals surface area contributed by atoms with Gasteiger partial charge in [0, 0.05) is 18.8 Å². The number of amides is 2. The summed E-state index contributed by atoms with van der Waals surface area (Å²) < 4.78 is 120. The number of benzene rings is 2. The van der Waals surface area contributed by atoms with Crippen molar-refractivity contribution in [3.63, 3.8) is 0 Å². The first kappa shape index (κ1) is 28.1. The first-order valence-electron chi connectivity index (χ1n) is 9.91. The van der Waals surface area contributed by atoms with Gasteiger partial charge in [-0.1, -0.05) is 12.1 Å². The molecule has 0 unspecified atom stereocenters. The quantitative estimate of drug-likeness (QED) is 0.372. The molecule has 0 heterocycles. The zero-order chi connectivity index (χ0) is 26.7. The Balaban J connectivity index is 2.33. The monoisotopic (exact) mass is 517 g/mol. The van der Waals surface area contributed by atoms with E-state index in [2.05, 4.69) is 16.0 Å². The van der Waals surface area contributed by atoms with E-state index in [0.717, 1.165) is 0 Å². The maximum atomic E-state index is 13.8. The zero-order valence-corrected chi connectivity index (χ0v) is 17.9. The lowest BCUT2D eigenvalue weighted by Crippen LogP contribution is -2.48. The zero-order valence-electron chi connectivity index (χ0n) is 17.9. The van der Waals surface area contributed by atoms with E-state index in [9.17, 15) is 49.4 Å². The topological polar surface area (TPSA) is 73.4 Å². The minimum Gasteiger partial charge on any atom is -0.381 e. The van der Waals surface area contributed by atoms with Crippen molar-refractivity contribution in [3.05, 3.63) is 64.7 Å². The fourth-order valence-corrected chi connectivity index (χ4v) is 2.94. The average Bonchev–Trinajstić information content (AvgIpc) is 2.74. The van der Waals surface area contributed by atoms with Gasteiger partial charge in [-0.3, -0.25) is 0 Å². The SMILES string of the molecule is CCNC(=O)NCc1ccc(NC[C@](O)(c2cc(C(F)(F)F)cc(C(F)(F)F)c2)C(F)(F)F)cc1. The molecule has 0 aliphatic carbocycles. The number of carbonyl (C=O) groups excluding carboxylic acids is 1. The lowest BCUT2D eigenvalue weighted by atomic mass is 9.89. The molecule has 5 nitrogen and oxygen atoms in total. The van der Waals surface area contributed by atoms with Crippen molar-refractivity contribution >= 4 is 11.7 Å². The van der Waals surface area contributed by atoms with Crippen LogP contribution >= 0.6 is 0 Å². The summed E-state index contributed by atoms with van der Waals surface area (Å²) in [5, 5.41) is 17.5. The summed E-state index contributed by atoms with van der Waals surface area (Å²) in [6, 6.07) is 4.23. The maximum Gasteiger partial charge on any atom is 0.423 e. The van der Waals surface area contributed by atoms with Crippen LogP contribution in [0.25, 0.3) is 0 Å². The smallest absolute Gasteiger partial charge is 0.381 e. The third kappa shape index (κ3) is 7.16. The number of urea groups is 1. The fourth-order valence-electron chi connectivity index (χ4n) is 2.94. The molecule has 14 heteroatoms. The van der Waals surface area contributed by atoms with Crippen molar-refractivity contribution in [3.8, 4) is 0 Å². The molecule has 1 atom stereocenters. The van der Waals surface area contributed by atoms with E-state index in [1.54, 1.807) is 6.92 Å². The molecule has 0 aliphatic rings. The summed E-state index contributed by atoms with van der Waals surface area (Å²) in [5.41, 5.74) is -9.17. The minimum atomic E-state index is -5.64. The van der Waals surface area contributed by atoms with Crippen molar-refractivity contribution in [2.75, 3.05) is 18.4 Å². The molecule has 0 aromatic heterocycles. The summed E-state index contributed by atoms with van der Waals surface area (Å²) >= 11 is 0. The highest BCUT2D eigenvalue weighted by molar-refractivity contribution is 5.73. The van der Waals surface area contributed by atoms with E-state index in [1.807, 2.05) is 0 Å². The van der Waals surface area contributed by atoms with Crippen LogP contribution in [0.1, 0.15) is 29.2 Å². The predicted octanol–water partition coefficient (Wildman–Crippen LogP) is 5.41. The molecule has 0 fully saturated rings. The highest BCUT2D eigenvalue weighted by atomic mass is 19.4. The molecular formula is C21H20F9N3O2. The van der Waals surface area contributed by atoms with E-state index in [-0.39, 0.29) is 30.4 Å². The van der Waals surface area contributed by atoms with Crippen LogP contribution in [0.4, 0.5) is 50.0 Å². The van der Waals surface area contributed by atoms with E-state index >= 15 is 0 Å². The largest absolute Gasteiger partial charge is 0.423 e. The first-order chi connectivity index (χ1) is 16.0. The van der Waals surface area contributed by atoms with E-state index in [1.165, 1.54) is 24.3 Å². The van der Waals surface area contributed by atoms with Gasteiger partial charge in [-0.2, -0.15) is 39.5 Å². The van der Waals surface area contributed by atoms with Crippen molar-refractivity contribution in [1.29, 1.82) is 0 Å². The highest BCUT2D eigenvalue weighted by Crippen LogP contribution is 2.44.